The van der Waals surface area contributed by atoms with E-state index in [1.165, 1.54) is 64.5 Å². The summed E-state index contributed by atoms with van der Waals surface area (Å²) in [6.07, 6.45) is 23.4. The summed E-state index contributed by atoms with van der Waals surface area (Å²) in [6.45, 7) is 6.83. The molecule has 0 spiro atoms. The van der Waals surface area contributed by atoms with Gasteiger partial charge in [0.15, 0.2) is 0 Å². The van der Waals surface area contributed by atoms with Gasteiger partial charge in [0.05, 0.1) is 37.0 Å². The van der Waals surface area contributed by atoms with Crippen molar-refractivity contribution < 1.29 is 35.1 Å². The molecule has 0 fully saturated rings. The molecule has 3 rings (SSSR count). The molecule has 38 heavy (non-hydrogen) atoms. The summed E-state index contributed by atoms with van der Waals surface area (Å²) in [5.74, 6) is 0. The summed E-state index contributed by atoms with van der Waals surface area (Å²) in [4.78, 5) is -1.16. The van der Waals surface area contributed by atoms with Gasteiger partial charge >= 0.3 is 0 Å². The summed E-state index contributed by atoms with van der Waals surface area (Å²) in [5.41, 5.74) is 0. The molecule has 1 aromatic carbocycles. The van der Waals surface area contributed by atoms with E-state index in [0.29, 0.717) is 0 Å². The fourth-order valence-electron chi connectivity index (χ4n) is 3.48. The molecule has 0 atom stereocenters. The molecule has 214 valence electrons. The van der Waals surface area contributed by atoms with Crippen molar-refractivity contribution >= 4 is 20.2 Å². The molecule has 0 radical (unpaired) electrons. The maximum absolute atomic E-state index is 10.4. The minimum atomic E-state index is -4.61. The van der Waals surface area contributed by atoms with Gasteiger partial charge in [-0.2, -0.15) is 0 Å². The highest BCUT2D eigenvalue weighted by Crippen LogP contribution is 2.13. The van der Waals surface area contributed by atoms with E-state index in [2.05, 4.69) is 83.7 Å². The molecule has 0 saturated carbocycles. The molecule has 0 amide bonds. The van der Waals surface area contributed by atoms with Crippen molar-refractivity contribution in [3.8, 4) is 0 Å². The Kier molecular flexibility index (Phi) is 15.1. The van der Waals surface area contributed by atoms with E-state index in [1.807, 2.05) is 0 Å². The van der Waals surface area contributed by atoms with Crippen molar-refractivity contribution in [1.29, 1.82) is 0 Å². The lowest BCUT2D eigenvalue weighted by molar-refractivity contribution is -0.671. The van der Waals surface area contributed by atoms with E-state index in [1.54, 1.807) is 0 Å². The zero-order valence-corrected chi connectivity index (χ0v) is 24.5. The summed E-state index contributed by atoms with van der Waals surface area (Å²) in [7, 11) is -5.11. The van der Waals surface area contributed by atoms with Gasteiger partial charge in [0.2, 0.25) is 12.7 Å². The van der Waals surface area contributed by atoms with E-state index in [4.69, 9.17) is 0 Å². The van der Waals surface area contributed by atoms with Crippen molar-refractivity contribution in [2.24, 2.45) is 14.1 Å². The summed E-state index contributed by atoms with van der Waals surface area (Å²) in [6, 6.07) is 3.08. The van der Waals surface area contributed by atoms with Crippen LogP contribution in [-0.4, -0.2) is 35.1 Å². The maximum Gasteiger partial charge on any atom is 0.243 e. The predicted octanol–water partition coefficient (Wildman–Crippen LogP) is 3.28. The normalized spacial score (nSPS) is 11.3. The molecular weight excluding hydrogens is 528 g/mol. The Morgan fingerprint density at radius 1 is 0.632 bits per heavy atom. The summed E-state index contributed by atoms with van der Waals surface area (Å²) in [5, 5.41) is 0. The Balaban J connectivity index is 0.000000286. The van der Waals surface area contributed by atoms with Crippen LogP contribution in [0.1, 0.15) is 65.2 Å². The third-order valence-electron chi connectivity index (χ3n) is 5.59. The number of benzene rings is 1. The molecule has 0 N–H and O–H groups in total. The third-order valence-corrected chi connectivity index (χ3v) is 7.29. The van der Waals surface area contributed by atoms with Gasteiger partial charge in [-0.1, -0.05) is 39.5 Å². The van der Waals surface area contributed by atoms with Crippen LogP contribution in [0.25, 0.3) is 0 Å². The lowest BCUT2D eigenvalue weighted by Crippen LogP contribution is -2.23. The molecular formula is C26H42N4O6S2. The van der Waals surface area contributed by atoms with Crippen LogP contribution in [0.3, 0.4) is 0 Å². The largest absolute Gasteiger partial charge is 0.744 e. The van der Waals surface area contributed by atoms with Crippen LogP contribution in [0.15, 0.2) is 71.5 Å². The van der Waals surface area contributed by atoms with Crippen LogP contribution < -0.4 is 9.13 Å². The lowest BCUT2D eigenvalue weighted by atomic mass is 10.2. The second kappa shape index (κ2) is 17.1. The minimum Gasteiger partial charge on any atom is -0.744 e. The van der Waals surface area contributed by atoms with Crippen LogP contribution in [0.5, 0.6) is 0 Å². The molecule has 0 bridgehead atoms. The highest BCUT2D eigenvalue weighted by Gasteiger charge is 2.04. The molecule has 0 saturated heterocycles. The van der Waals surface area contributed by atoms with Crippen LogP contribution >= 0.6 is 0 Å². The molecule has 0 aliphatic carbocycles. The molecule has 2 aromatic heterocycles. The molecule has 0 aliphatic rings. The second-order valence-electron chi connectivity index (χ2n) is 9.13. The number of aromatic nitrogens is 4. The number of hydrogen-bond acceptors (Lipinski definition) is 6. The maximum atomic E-state index is 10.4. The predicted molar refractivity (Wildman–Crippen MR) is 142 cm³/mol. The first-order valence-corrected chi connectivity index (χ1v) is 15.7. The Morgan fingerprint density at radius 2 is 0.974 bits per heavy atom. The van der Waals surface area contributed by atoms with E-state index in [0.717, 1.165) is 24.3 Å². The van der Waals surface area contributed by atoms with Crippen molar-refractivity contribution in [3.05, 3.63) is 61.7 Å². The molecule has 3 aromatic rings. The number of nitrogens with zero attached hydrogens (tertiary/aromatic N) is 4. The van der Waals surface area contributed by atoms with E-state index >= 15 is 0 Å². The number of hydrogen-bond donors (Lipinski definition) is 0. The quantitative estimate of drug-likeness (QED) is 0.186. The fraction of sp³-hybridized carbons (Fsp3) is 0.538. The average molecular weight is 571 g/mol. The highest BCUT2D eigenvalue weighted by atomic mass is 32.2. The smallest absolute Gasteiger partial charge is 0.243 e. The average Bonchev–Trinajstić information content (AvgIpc) is 3.47. The number of rotatable bonds is 12. The molecule has 10 nitrogen and oxygen atoms in total. The van der Waals surface area contributed by atoms with E-state index in [-0.39, 0.29) is 0 Å². The highest BCUT2D eigenvalue weighted by molar-refractivity contribution is 7.86. The molecule has 0 aliphatic heterocycles. The van der Waals surface area contributed by atoms with Gasteiger partial charge in [0.25, 0.3) is 0 Å². The SMILES string of the molecule is CCCCCCn1cc[n+](C)c1.CCCCCCn1cc[n+](C)c1.O=S(=O)([O-])c1ccc(S(=O)(=O)[O-])cc1. The van der Waals surface area contributed by atoms with Gasteiger partial charge in [0.1, 0.15) is 45.0 Å². The van der Waals surface area contributed by atoms with Gasteiger partial charge in [0, 0.05) is 0 Å². The first kappa shape index (κ1) is 33.5. The Hall–Kier alpha value is -2.54. The minimum absolute atomic E-state index is 0.579. The van der Waals surface area contributed by atoms with Gasteiger partial charge in [-0.3, -0.25) is 0 Å². The van der Waals surface area contributed by atoms with Crippen molar-refractivity contribution in [2.45, 2.75) is 88.1 Å². The van der Waals surface area contributed by atoms with Crippen molar-refractivity contribution in [2.75, 3.05) is 0 Å². The number of imidazole rings is 2. The monoisotopic (exact) mass is 570 g/mol. The topological polar surface area (TPSA) is 132 Å². The first-order chi connectivity index (χ1) is 17.9. The lowest BCUT2D eigenvalue weighted by Gasteiger charge is -2.09. The molecule has 0 unspecified atom stereocenters. The van der Waals surface area contributed by atoms with Crippen molar-refractivity contribution in [1.82, 2.24) is 9.13 Å². The molecule has 2 heterocycles. The Bertz CT molecular complexity index is 1170. The van der Waals surface area contributed by atoms with Gasteiger partial charge in [-0.05, 0) is 49.9 Å². The second-order valence-corrected chi connectivity index (χ2v) is 11.9. The van der Waals surface area contributed by atoms with Gasteiger partial charge < -0.3 is 9.11 Å². The van der Waals surface area contributed by atoms with Crippen LogP contribution in [-0.2, 0) is 47.4 Å². The summed E-state index contributed by atoms with van der Waals surface area (Å²) >= 11 is 0. The fourth-order valence-corrected chi connectivity index (χ4v) is 4.42. The van der Waals surface area contributed by atoms with E-state index in [9.17, 15) is 25.9 Å². The van der Waals surface area contributed by atoms with Crippen LogP contribution in [0.4, 0.5) is 0 Å². The van der Waals surface area contributed by atoms with Gasteiger partial charge in [-0.15, -0.1) is 0 Å². The Labute approximate surface area is 228 Å². The number of aryl methyl sites for hydroxylation is 4. The summed E-state index contributed by atoms with van der Waals surface area (Å²) < 4.78 is 71.1. The van der Waals surface area contributed by atoms with Gasteiger partial charge in [-0.25, -0.2) is 35.1 Å². The zero-order chi connectivity index (χ0) is 28.6. The van der Waals surface area contributed by atoms with Crippen molar-refractivity contribution in [3.63, 3.8) is 0 Å². The zero-order valence-electron chi connectivity index (χ0n) is 22.9. The molecule has 12 heteroatoms. The first-order valence-electron chi connectivity index (χ1n) is 12.9. The third kappa shape index (κ3) is 14.4. The van der Waals surface area contributed by atoms with E-state index < -0.39 is 30.0 Å². The van der Waals surface area contributed by atoms with Crippen LogP contribution in [0.2, 0.25) is 0 Å². The Morgan fingerprint density at radius 3 is 1.21 bits per heavy atom. The standard InChI is InChI=1S/2C10H19N2.C6H6O6S2/c2*1-3-4-5-6-7-12-9-8-11(2)10-12;7-13(8,9)5-1-2-6(4-3-5)14(10,11)12/h2*8-10H,3-7H2,1-2H3;1-4H,(H,7,8,9)(H,10,11,12)/q2*+1;/p-2. The van der Waals surface area contributed by atoms with Crippen LogP contribution in [0, 0.1) is 0 Å². The number of unbranched alkanes of at least 4 members (excludes halogenated alkanes) is 6.